The maximum absolute atomic E-state index is 14.8. The van der Waals surface area contributed by atoms with E-state index in [0.29, 0.717) is 31.7 Å². The van der Waals surface area contributed by atoms with Gasteiger partial charge in [0, 0.05) is 46.2 Å². The molecule has 0 saturated carbocycles. The predicted molar refractivity (Wildman–Crippen MR) is 118 cm³/mol. The topological polar surface area (TPSA) is 71.5 Å². The summed E-state index contributed by atoms with van der Waals surface area (Å²) >= 11 is 0.284. The van der Waals surface area contributed by atoms with Gasteiger partial charge in [0.15, 0.2) is 5.13 Å². The van der Waals surface area contributed by atoms with Crippen LogP contribution in [0.1, 0.15) is 24.8 Å². The highest BCUT2D eigenvalue weighted by Crippen LogP contribution is 2.38. The number of benzene rings is 1. The van der Waals surface area contributed by atoms with E-state index in [9.17, 15) is 26.0 Å². The normalized spacial score (nSPS) is 20.1. The first kappa shape index (κ1) is 22.9. The van der Waals surface area contributed by atoms with Crippen LogP contribution < -0.4 is 9.46 Å². The lowest BCUT2D eigenvalue weighted by Gasteiger charge is -2.31. The first-order valence-corrected chi connectivity index (χ1v) is 13.8. The molecule has 1 fully saturated rings. The van der Waals surface area contributed by atoms with E-state index in [2.05, 4.69) is 9.71 Å². The Hall–Kier alpha value is -1.32. The third-order valence-electron chi connectivity index (χ3n) is 4.97. The van der Waals surface area contributed by atoms with Gasteiger partial charge in [-0.15, -0.1) is 11.3 Å². The average Bonchev–Trinajstić information content (AvgIpc) is 3.20. The van der Waals surface area contributed by atoms with Crippen molar-refractivity contribution < 1.29 is 30.7 Å². The zero-order valence-corrected chi connectivity index (χ0v) is 19.7. The lowest BCUT2D eigenvalue weighted by atomic mass is 9.98. The minimum absolute atomic E-state index is 0.0633. The summed E-state index contributed by atoms with van der Waals surface area (Å²) in [7, 11) is -4.19. The second-order valence-corrected chi connectivity index (χ2v) is 12.7. The summed E-state index contributed by atoms with van der Waals surface area (Å²) in [5.74, 6) is -1.91. The highest BCUT2D eigenvalue weighted by molar-refractivity contribution is 14.2. The average molecular weight is 591 g/mol. The van der Waals surface area contributed by atoms with Crippen molar-refractivity contribution in [2.24, 2.45) is 5.92 Å². The number of nitrogens with one attached hydrogen (secondary N) is 1. The molecule has 0 amide bonds. The summed E-state index contributed by atoms with van der Waals surface area (Å²) in [6.07, 6.45) is -2.07. The van der Waals surface area contributed by atoms with Gasteiger partial charge in [-0.3, -0.25) is 7.84 Å². The number of hydrogen-bond donors (Lipinski definition) is 1. The molecule has 0 atom stereocenters. The van der Waals surface area contributed by atoms with Crippen LogP contribution in [-0.4, -0.2) is 45.9 Å². The monoisotopic (exact) mass is 591 g/mol. The highest BCUT2D eigenvalue weighted by Gasteiger charge is 2.41. The third kappa shape index (κ3) is 5.20. The first-order valence-electron chi connectivity index (χ1n) is 9.35. The number of nitrogens with zero attached hydrogens (tertiary/aromatic N) is 2. The minimum atomic E-state index is -4.19. The van der Waals surface area contributed by atoms with Gasteiger partial charge in [0.05, 0.1) is 12.5 Å². The highest BCUT2D eigenvalue weighted by atomic mass is 127. The van der Waals surface area contributed by atoms with E-state index in [-0.39, 0.29) is 23.7 Å². The fraction of sp³-hybridized carbons (Fsp3) is 0.444. The van der Waals surface area contributed by atoms with E-state index in [1.54, 1.807) is 5.38 Å². The van der Waals surface area contributed by atoms with Crippen LogP contribution in [0.5, 0.6) is 5.75 Å². The molecule has 2 aliphatic heterocycles. The van der Waals surface area contributed by atoms with Gasteiger partial charge < -0.3 is 4.74 Å². The number of anilines is 1. The summed E-state index contributed by atoms with van der Waals surface area (Å²) in [5.41, 5.74) is 0.502. The standard InChI is InChI=1S/C18H18F4IN3O3S2/c19-13-9-12-14(23-26-5-1-11(2-6-26)18(20,21)22)3-7-29-15(12)10-16(13)31(27,28)25-17-24-4-8-30-17/h4,8-11H,1-3,5-7H2,(H,24,25). The number of hydrogen-bond acceptors (Lipinski definition) is 6. The third-order valence-corrected chi connectivity index (χ3v) is 10.5. The van der Waals surface area contributed by atoms with E-state index in [0.717, 1.165) is 20.9 Å². The molecule has 2 aliphatic rings. The Morgan fingerprint density at radius 3 is 2.65 bits per heavy atom. The maximum Gasteiger partial charge on any atom is 0.391 e. The van der Waals surface area contributed by atoms with Gasteiger partial charge >= 0.3 is 6.18 Å². The summed E-state index contributed by atoms with van der Waals surface area (Å²) in [6, 6.07) is 2.32. The van der Waals surface area contributed by atoms with E-state index >= 15 is 0 Å². The summed E-state index contributed by atoms with van der Waals surface area (Å²) in [5, 5.41) is 1.71. The van der Waals surface area contributed by atoms with Crippen LogP contribution in [0.25, 0.3) is 0 Å². The molecule has 31 heavy (non-hydrogen) atoms. The predicted octanol–water partition coefficient (Wildman–Crippen LogP) is 4.55. The number of thiazole rings is 1. The smallest absolute Gasteiger partial charge is 0.391 e. The van der Waals surface area contributed by atoms with Gasteiger partial charge in [-0.05, 0) is 39.9 Å². The zero-order valence-electron chi connectivity index (χ0n) is 16.0. The number of halogens is 5. The first-order chi connectivity index (χ1) is 14.6. The minimum Gasteiger partial charge on any atom is -0.493 e. The molecule has 0 unspecified atom stereocenters. The van der Waals surface area contributed by atoms with Crippen LogP contribution in [0.2, 0.25) is 0 Å². The van der Waals surface area contributed by atoms with Crippen molar-refractivity contribution in [1.29, 1.82) is 0 Å². The van der Waals surface area contributed by atoms with E-state index in [1.807, 2.05) is 3.11 Å². The Morgan fingerprint density at radius 2 is 2.00 bits per heavy atom. The molecule has 0 bridgehead atoms. The molecule has 1 aromatic heterocycles. The van der Waals surface area contributed by atoms with Crippen molar-refractivity contribution in [1.82, 2.24) is 8.10 Å². The Balaban J connectivity index is 1.57. The largest absolute Gasteiger partial charge is 0.493 e. The van der Waals surface area contributed by atoms with Crippen LogP contribution in [0, 0.1) is 11.7 Å². The van der Waals surface area contributed by atoms with Crippen LogP contribution in [0.4, 0.5) is 22.7 Å². The summed E-state index contributed by atoms with van der Waals surface area (Å²) in [6.45, 7) is 1.01. The van der Waals surface area contributed by atoms with E-state index in [1.165, 1.54) is 12.3 Å². The zero-order chi connectivity index (χ0) is 22.2. The lowest BCUT2D eigenvalue weighted by molar-refractivity contribution is -0.182. The molecule has 6 nitrogen and oxygen atoms in total. The Bertz CT molecular complexity index is 1080. The molecule has 170 valence electrons. The fourth-order valence-corrected chi connectivity index (χ4v) is 8.26. The number of sulfonamides is 1. The SMILES string of the molecule is O=S(=O)(Nc1nccs1)c1cc2c(cc1F)C(=IN1CCC(C(F)(F)F)CC1)CCO2. The van der Waals surface area contributed by atoms with Crippen molar-refractivity contribution in [3.63, 3.8) is 0 Å². The molecule has 1 aromatic carbocycles. The van der Waals surface area contributed by atoms with Gasteiger partial charge in [-0.25, -0.2) is 17.8 Å². The van der Waals surface area contributed by atoms with E-state index in [4.69, 9.17) is 4.74 Å². The maximum atomic E-state index is 14.8. The summed E-state index contributed by atoms with van der Waals surface area (Å²) in [4.78, 5) is 3.31. The number of aromatic nitrogens is 1. The molecule has 0 spiro atoms. The second kappa shape index (κ2) is 8.90. The number of rotatable bonds is 4. The van der Waals surface area contributed by atoms with Crippen molar-refractivity contribution in [2.75, 3.05) is 24.4 Å². The number of alkyl halides is 3. The Labute approximate surface area is 190 Å². The van der Waals surface area contributed by atoms with E-state index < -0.39 is 53.8 Å². The molecule has 4 rings (SSSR count). The Morgan fingerprint density at radius 1 is 1.26 bits per heavy atom. The van der Waals surface area contributed by atoms with Gasteiger partial charge in [-0.1, -0.05) is 0 Å². The van der Waals surface area contributed by atoms with Crippen molar-refractivity contribution in [2.45, 2.75) is 30.3 Å². The molecule has 2 aromatic rings. The van der Waals surface area contributed by atoms with Crippen LogP contribution in [0.15, 0.2) is 28.6 Å². The number of ether oxygens (including phenoxy) is 1. The van der Waals surface area contributed by atoms with Crippen molar-refractivity contribution in [3.8, 4) is 5.75 Å². The van der Waals surface area contributed by atoms with Crippen molar-refractivity contribution >= 4 is 51.0 Å². The van der Waals surface area contributed by atoms with Crippen LogP contribution in [-0.2, 0) is 10.0 Å². The molecule has 3 heterocycles. The molecule has 0 aliphatic carbocycles. The second-order valence-electron chi connectivity index (χ2n) is 7.04. The fourth-order valence-electron chi connectivity index (χ4n) is 3.39. The molecule has 13 heteroatoms. The molecule has 1 saturated heterocycles. The summed E-state index contributed by atoms with van der Waals surface area (Å²) < 4.78 is 89.4. The van der Waals surface area contributed by atoms with Crippen LogP contribution >= 0.6 is 32.3 Å². The van der Waals surface area contributed by atoms with Gasteiger partial charge in [0.1, 0.15) is 16.5 Å². The molecule has 1 N–H and O–H groups in total. The quantitative estimate of drug-likeness (QED) is 0.321. The lowest BCUT2D eigenvalue weighted by Crippen LogP contribution is -2.35. The van der Waals surface area contributed by atoms with Gasteiger partial charge in [-0.2, -0.15) is 13.2 Å². The number of fused-ring (bicyclic) bond motifs is 1. The molecular formula is C18H18F4IN3O3S2. The van der Waals surface area contributed by atoms with Crippen molar-refractivity contribution in [3.05, 3.63) is 35.1 Å². The molecular weight excluding hydrogens is 573 g/mol. The van der Waals surface area contributed by atoms with Crippen LogP contribution in [0.3, 0.4) is 0 Å². The Kier molecular flexibility index (Phi) is 6.57. The van der Waals surface area contributed by atoms with Gasteiger partial charge in [0.2, 0.25) is 0 Å². The van der Waals surface area contributed by atoms with Gasteiger partial charge in [0.25, 0.3) is 10.0 Å². The molecule has 0 radical (unpaired) electrons. The number of piperidine rings is 1.